The summed E-state index contributed by atoms with van der Waals surface area (Å²) in [6.07, 6.45) is 7.50. The number of unbranched alkanes of at least 4 members (excludes halogenated alkanes) is 2. The Bertz CT molecular complexity index is 769. The molecule has 0 atom stereocenters. The van der Waals surface area contributed by atoms with Crippen LogP contribution in [0.25, 0.3) is 0 Å². The monoisotopic (exact) mass is 416 g/mol. The molecule has 0 saturated carbocycles. The van der Waals surface area contributed by atoms with Gasteiger partial charge in [-0.2, -0.15) is 0 Å². The van der Waals surface area contributed by atoms with Crippen LogP contribution in [-0.4, -0.2) is 0 Å². The Morgan fingerprint density at radius 3 is 1.42 bits per heavy atom. The van der Waals surface area contributed by atoms with Crippen molar-refractivity contribution in [3.8, 4) is 0 Å². The number of rotatable bonds is 6. The molecule has 136 valence electrons. The Morgan fingerprint density at radius 1 is 0.577 bits per heavy atom. The highest BCUT2D eigenvalue weighted by Gasteiger charge is 2.27. The van der Waals surface area contributed by atoms with Crippen molar-refractivity contribution in [1.82, 2.24) is 0 Å². The average molecular weight is 417 g/mol. The first-order valence-corrected chi connectivity index (χ1v) is 12.7. The average Bonchev–Trinajstić information content (AvgIpc) is 3.27. The Balaban J connectivity index is 1.50. The fourth-order valence-electron chi connectivity index (χ4n) is 3.11. The minimum Gasteiger partial charge on any atom is -0.0798 e. The van der Waals surface area contributed by atoms with Gasteiger partial charge in [0.25, 0.3) is 0 Å². The van der Waals surface area contributed by atoms with Gasteiger partial charge in [-0.15, -0.1) is 0 Å². The molecule has 0 saturated heterocycles. The molecule has 4 heteroatoms. The van der Waals surface area contributed by atoms with Crippen LogP contribution in [0.5, 0.6) is 0 Å². The molecule has 4 rings (SSSR count). The summed E-state index contributed by atoms with van der Waals surface area (Å²) < 4.78 is 2.93. The summed E-state index contributed by atoms with van der Waals surface area (Å²) in [7, 11) is 0. The lowest BCUT2D eigenvalue weighted by Crippen LogP contribution is -1.84. The fourth-order valence-corrected chi connectivity index (χ4v) is 8.51. The second kappa shape index (κ2) is 8.72. The Hall–Kier alpha value is -0.420. The number of aryl methyl sites for hydroxylation is 2. The maximum atomic E-state index is 2.41. The molecule has 0 aromatic heterocycles. The fraction of sp³-hybridized carbons (Fsp3) is 0.364. The number of fused-ring (bicyclic) bond motifs is 2. The second-order valence-corrected chi connectivity index (χ2v) is 11.5. The van der Waals surface area contributed by atoms with Crippen molar-refractivity contribution < 1.29 is 0 Å². The summed E-state index contributed by atoms with van der Waals surface area (Å²) in [6.45, 7) is 4.53. The summed E-state index contributed by atoms with van der Waals surface area (Å²) in [6, 6.07) is 14.1. The topological polar surface area (TPSA) is 0 Å². The highest BCUT2D eigenvalue weighted by Crippen LogP contribution is 2.61. The molecule has 2 aliphatic heterocycles. The minimum absolute atomic E-state index is 1.20. The summed E-state index contributed by atoms with van der Waals surface area (Å²) in [5.41, 5.74) is 2.97. The molecule has 0 spiro atoms. The zero-order valence-corrected chi connectivity index (χ0v) is 18.6. The van der Waals surface area contributed by atoms with Crippen molar-refractivity contribution in [3.05, 3.63) is 56.0 Å². The molecule has 0 aliphatic carbocycles. The van der Waals surface area contributed by atoms with Gasteiger partial charge in [0, 0.05) is 19.6 Å². The Morgan fingerprint density at radius 2 is 1.00 bits per heavy atom. The molecule has 0 fully saturated rings. The smallest absolute Gasteiger partial charge is 0.0706 e. The minimum atomic E-state index is 1.20. The molecular weight excluding hydrogens is 393 g/mol. The Kier molecular flexibility index (Phi) is 6.35. The zero-order chi connectivity index (χ0) is 17.9. The highest BCUT2D eigenvalue weighted by molar-refractivity contribution is 8.30. The summed E-state index contributed by atoms with van der Waals surface area (Å²) >= 11 is 7.85. The number of thioether (sulfide) groups is 4. The van der Waals surface area contributed by atoms with E-state index in [2.05, 4.69) is 50.2 Å². The molecule has 0 amide bonds. The third-order valence-electron chi connectivity index (χ3n) is 4.63. The van der Waals surface area contributed by atoms with Crippen molar-refractivity contribution in [1.29, 1.82) is 0 Å². The van der Waals surface area contributed by atoms with Gasteiger partial charge in [0.15, 0.2) is 0 Å². The largest absolute Gasteiger partial charge is 0.0798 e. The Labute approximate surface area is 174 Å². The lowest BCUT2D eigenvalue weighted by atomic mass is 10.1. The predicted octanol–water partition coefficient (Wildman–Crippen LogP) is 8.59. The number of benzene rings is 2. The van der Waals surface area contributed by atoms with Crippen LogP contribution in [0.4, 0.5) is 0 Å². The molecule has 0 bridgehead atoms. The van der Waals surface area contributed by atoms with Gasteiger partial charge in [-0.25, -0.2) is 0 Å². The summed E-state index contributed by atoms with van der Waals surface area (Å²) in [4.78, 5) is 5.76. The van der Waals surface area contributed by atoms with Crippen molar-refractivity contribution >= 4 is 47.0 Å². The third-order valence-corrected chi connectivity index (χ3v) is 10.2. The van der Waals surface area contributed by atoms with E-state index in [4.69, 9.17) is 0 Å². The first-order chi connectivity index (χ1) is 12.8. The number of hydrogen-bond acceptors (Lipinski definition) is 4. The van der Waals surface area contributed by atoms with Crippen LogP contribution >= 0.6 is 47.0 Å². The van der Waals surface area contributed by atoms with E-state index in [1.807, 2.05) is 47.0 Å². The van der Waals surface area contributed by atoms with Gasteiger partial charge in [-0.1, -0.05) is 85.9 Å². The van der Waals surface area contributed by atoms with Crippen LogP contribution in [0, 0.1) is 0 Å². The van der Waals surface area contributed by atoms with Crippen LogP contribution in [0.1, 0.15) is 50.7 Å². The molecule has 2 aromatic carbocycles. The molecule has 2 heterocycles. The SMILES string of the molecule is CCCCc1ccc2c(c1)S/C(=C1\Sc3ccc(CCCC)cc3S1)S2. The lowest BCUT2D eigenvalue weighted by molar-refractivity contribution is 0.792. The van der Waals surface area contributed by atoms with Crippen molar-refractivity contribution in [2.75, 3.05) is 0 Å². The van der Waals surface area contributed by atoms with Gasteiger partial charge in [0.05, 0.1) is 8.47 Å². The van der Waals surface area contributed by atoms with Gasteiger partial charge < -0.3 is 0 Å². The van der Waals surface area contributed by atoms with Gasteiger partial charge in [-0.3, -0.25) is 0 Å². The lowest BCUT2D eigenvalue weighted by Gasteiger charge is -2.02. The van der Waals surface area contributed by atoms with Gasteiger partial charge in [-0.05, 0) is 61.1 Å². The highest BCUT2D eigenvalue weighted by atomic mass is 32.2. The molecule has 0 N–H and O–H groups in total. The van der Waals surface area contributed by atoms with E-state index in [1.165, 1.54) is 77.7 Å². The summed E-state index contributed by atoms with van der Waals surface area (Å²) in [5, 5.41) is 0. The maximum absolute atomic E-state index is 2.41. The van der Waals surface area contributed by atoms with E-state index in [-0.39, 0.29) is 0 Å². The molecule has 0 nitrogen and oxygen atoms in total. The molecular formula is C22H24S4. The molecule has 2 aromatic rings. The third kappa shape index (κ3) is 4.19. The van der Waals surface area contributed by atoms with Crippen LogP contribution in [-0.2, 0) is 12.8 Å². The standard InChI is InChI=1S/C22H24S4/c1-3-5-7-15-9-11-17-19(13-15)25-21(23-17)22-24-18-12-10-16(8-6-4-2)14-20(18)26-22/h9-14H,3-8H2,1-2H3/b22-21+. The summed E-state index contributed by atoms with van der Waals surface area (Å²) in [5.74, 6) is 0. The maximum Gasteiger partial charge on any atom is 0.0706 e. The molecule has 0 unspecified atom stereocenters. The molecule has 26 heavy (non-hydrogen) atoms. The molecule has 2 aliphatic rings. The van der Waals surface area contributed by atoms with E-state index in [9.17, 15) is 0 Å². The molecule has 0 radical (unpaired) electrons. The van der Waals surface area contributed by atoms with Crippen molar-refractivity contribution in [2.45, 2.75) is 72.0 Å². The predicted molar refractivity (Wildman–Crippen MR) is 121 cm³/mol. The van der Waals surface area contributed by atoms with E-state index < -0.39 is 0 Å². The van der Waals surface area contributed by atoms with Crippen LogP contribution in [0.3, 0.4) is 0 Å². The second-order valence-electron chi connectivity index (χ2n) is 6.75. The van der Waals surface area contributed by atoms with Gasteiger partial charge >= 0.3 is 0 Å². The van der Waals surface area contributed by atoms with Crippen molar-refractivity contribution in [3.63, 3.8) is 0 Å². The van der Waals surface area contributed by atoms with Crippen LogP contribution < -0.4 is 0 Å². The van der Waals surface area contributed by atoms with Crippen LogP contribution in [0.15, 0.2) is 64.5 Å². The van der Waals surface area contributed by atoms with E-state index in [1.54, 1.807) is 0 Å². The van der Waals surface area contributed by atoms with E-state index >= 15 is 0 Å². The van der Waals surface area contributed by atoms with E-state index in [0.29, 0.717) is 0 Å². The zero-order valence-electron chi connectivity index (χ0n) is 15.3. The van der Waals surface area contributed by atoms with Crippen molar-refractivity contribution in [2.24, 2.45) is 0 Å². The van der Waals surface area contributed by atoms with Gasteiger partial charge in [0.1, 0.15) is 0 Å². The first-order valence-electron chi connectivity index (χ1n) is 9.48. The first kappa shape index (κ1) is 18.9. The van der Waals surface area contributed by atoms with Gasteiger partial charge in [0.2, 0.25) is 0 Å². The van der Waals surface area contributed by atoms with Crippen LogP contribution in [0.2, 0.25) is 0 Å². The quantitative estimate of drug-likeness (QED) is 0.462. The van der Waals surface area contributed by atoms with E-state index in [0.717, 1.165) is 0 Å². The normalized spacial score (nSPS) is 18.2. The number of hydrogen-bond donors (Lipinski definition) is 0.